The molecule has 0 radical (unpaired) electrons. The standard InChI is InChI=1S/C18H28ClN3O2/c1-7-22(11-16(24)21-18(4,5)6)10-15(23)20-17-13(3)8-12(2)9-14(17)19/h8-9H,7,10-11H2,1-6H3,(H,20,23)(H,21,24). The highest BCUT2D eigenvalue weighted by Gasteiger charge is 2.18. The molecule has 1 aromatic carbocycles. The number of halogens is 1. The molecule has 2 amide bonds. The zero-order valence-electron chi connectivity index (χ0n) is 15.4. The summed E-state index contributed by atoms with van der Waals surface area (Å²) in [6.07, 6.45) is 0. The first-order chi connectivity index (χ1) is 11.0. The summed E-state index contributed by atoms with van der Waals surface area (Å²) in [4.78, 5) is 26.1. The molecule has 0 unspecified atom stereocenters. The van der Waals surface area contributed by atoms with Crippen LogP contribution in [0.1, 0.15) is 38.8 Å². The van der Waals surface area contributed by atoms with Crippen molar-refractivity contribution in [3.8, 4) is 0 Å². The Morgan fingerprint density at radius 2 is 1.71 bits per heavy atom. The first-order valence-electron chi connectivity index (χ1n) is 8.11. The van der Waals surface area contributed by atoms with Crippen LogP contribution < -0.4 is 10.6 Å². The third-order valence-electron chi connectivity index (χ3n) is 3.39. The van der Waals surface area contributed by atoms with E-state index in [9.17, 15) is 9.59 Å². The van der Waals surface area contributed by atoms with Crippen LogP contribution >= 0.6 is 11.6 Å². The molecule has 24 heavy (non-hydrogen) atoms. The van der Waals surface area contributed by atoms with Gasteiger partial charge in [0.05, 0.1) is 23.8 Å². The summed E-state index contributed by atoms with van der Waals surface area (Å²) in [5, 5.41) is 6.27. The molecule has 2 N–H and O–H groups in total. The Bertz CT molecular complexity index is 586. The molecule has 1 rings (SSSR count). The summed E-state index contributed by atoms with van der Waals surface area (Å²) in [6.45, 7) is 12.5. The van der Waals surface area contributed by atoms with E-state index >= 15 is 0 Å². The van der Waals surface area contributed by atoms with Crippen molar-refractivity contribution in [2.24, 2.45) is 0 Å². The zero-order chi connectivity index (χ0) is 18.5. The molecule has 1 aromatic rings. The van der Waals surface area contributed by atoms with Crippen molar-refractivity contribution in [1.82, 2.24) is 10.2 Å². The van der Waals surface area contributed by atoms with Gasteiger partial charge < -0.3 is 10.6 Å². The lowest BCUT2D eigenvalue weighted by molar-refractivity contribution is -0.124. The predicted molar refractivity (Wildman–Crippen MR) is 99.6 cm³/mol. The second-order valence-corrected chi connectivity index (χ2v) is 7.50. The van der Waals surface area contributed by atoms with Gasteiger partial charge in [0.15, 0.2) is 0 Å². The number of carbonyl (C=O) groups excluding carboxylic acids is 2. The number of aryl methyl sites for hydroxylation is 2. The summed E-state index contributed by atoms with van der Waals surface area (Å²) >= 11 is 6.21. The number of anilines is 1. The first-order valence-corrected chi connectivity index (χ1v) is 8.49. The molecule has 0 heterocycles. The fourth-order valence-corrected chi connectivity index (χ4v) is 2.76. The molecule has 0 saturated heterocycles. The molecule has 0 atom stereocenters. The molecular formula is C18H28ClN3O2. The Morgan fingerprint density at radius 3 is 2.21 bits per heavy atom. The van der Waals surface area contributed by atoms with E-state index in [2.05, 4.69) is 10.6 Å². The summed E-state index contributed by atoms with van der Waals surface area (Å²) in [5.41, 5.74) is 2.31. The molecule has 0 bridgehead atoms. The number of rotatable bonds is 6. The summed E-state index contributed by atoms with van der Waals surface area (Å²) in [5.74, 6) is -0.282. The van der Waals surface area contributed by atoms with E-state index in [1.54, 1.807) is 4.90 Å². The summed E-state index contributed by atoms with van der Waals surface area (Å²) in [6, 6.07) is 3.79. The van der Waals surface area contributed by atoms with E-state index in [0.717, 1.165) is 11.1 Å². The maximum absolute atomic E-state index is 12.3. The van der Waals surface area contributed by atoms with E-state index in [-0.39, 0.29) is 30.4 Å². The number of hydrogen-bond donors (Lipinski definition) is 2. The van der Waals surface area contributed by atoms with Crippen LogP contribution in [-0.4, -0.2) is 41.9 Å². The van der Waals surface area contributed by atoms with Gasteiger partial charge in [0.1, 0.15) is 0 Å². The number of amides is 2. The summed E-state index contributed by atoms with van der Waals surface area (Å²) in [7, 11) is 0. The number of hydrogen-bond acceptors (Lipinski definition) is 3. The minimum Gasteiger partial charge on any atom is -0.350 e. The largest absolute Gasteiger partial charge is 0.350 e. The van der Waals surface area contributed by atoms with E-state index in [1.807, 2.05) is 53.7 Å². The fourth-order valence-electron chi connectivity index (χ4n) is 2.40. The van der Waals surface area contributed by atoms with Gasteiger partial charge in [-0.3, -0.25) is 14.5 Å². The average molecular weight is 354 g/mol. The van der Waals surface area contributed by atoms with Crippen LogP contribution in [0.25, 0.3) is 0 Å². The minimum atomic E-state index is -0.286. The van der Waals surface area contributed by atoms with E-state index < -0.39 is 0 Å². The normalized spacial score (nSPS) is 11.5. The average Bonchev–Trinajstić information content (AvgIpc) is 2.39. The lowest BCUT2D eigenvalue weighted by Crippen LogP contribution is -2.47. The van der Waals surface area contributed by atoms with Gasteiger partial charge in [0, 0.05) is 5.54 Å². The highest BCUT2D eigenvalue weighted by Crippen LogP contribution is 2.27. The highest BCUT2D eigenvalue weighted by atomic mass is 35.5. The van der Waals surface area contributed by atoms with Gasteiger partial charge in [-0.1, -0.05) is 24.6 Å². The second kappa shape index (κ2) is 8.49. The lowest BCUT2D eigenvalue weighted by Gasteiger charge is -2.24. The van der Waals surface area contributed by atoms with Gasteiger partial charge in [-0.15, -0.1) is 0 Å². The van der Waals surface area contributed by atoms with Crippen molar-refractivity contribution in [1.29, 1.82) is 0 Å². The topological polar surface area (TPSA) is 61.4 Å². The van der Waals surface area contributed by atoms with Gasteiger partial charge in [-0.2, -0.15) is 0 Å². The molecule has 5 nitrogen and oxygen atoms in total. The van der Waals surface area contributed by atoms with Crippen molar-refractivity contribution in [2.75, 3.05) is 25.0 Å². The smallest absolute Gasteiger partial charge is 0.238 e. The number of carbonyl (C=O) groups is 2. The first kappa shape index (κ1) is 20.5. The molecule has 0 aliphatic rings. The molecule has 0 saturated carbocycles. The van der Waals surface area contributed by atoms with Gasteiger partial charge in [0.2, 0.25) is 11.8 Å². The van der Waals surface area contributed by atoms with Crippen molar-refractivity contribution >= 4 is 29.1 Å². The number of benzene rings is 1. The van der Waals surface area contributed by atoms with Gasteiger partial charge in [-0.25, -0.2) is 0 Å². The maximum atomic E-state index is 12.3. The van der Waals surface area contributed by atoms with Crippen LogP contribution in [0.5, 0.6) is 0 Å². The van der Waals surface area contributed by atoms with Crippen LogP contribution in [0.15, 0.2) is 12.1 Å². The zero-order valence-corrected chi connectivity index (χ0v) is 16.2. The van der Waals surface area contributed by atoms with Crippen molar-refractivity contribution in [3.05, 3.63) is 28.3 Å². The van der Waals surface area contributed by atoms with Crippen molar-refractivity contribution in [2.45, 2.75) is 47.1 Å². The Balaban J connectivity index is 2.67. The number of nitrogens with one attached hydrogen (secondary N) is 2. The summed E-state index contributed by atoms with van der Waals surface area (Å²) < 4.78 is 0. The third-order valence-corrected chi connectivity index (χ3v) is 3.69. The van der Waals surface area contributed by atoms with Gasteiger partial charge in [-0.05, 0) is 58.4 Å². The predicted octanol–water partition coefficient (Wildman–Crippen LogP) is 3.13. The third kappa shape index (κ3) is 6.89. The molecule has 0 aliphatic heterocycles. The Hall–Kier alpha value is -1.59. The second-order valence-electron chi connectivity index (χ2n) is 7.09. The van der Waals surface area contributed by atoms with Crippen molar-refractivity contribution < 1.29 is 9.59 Å². The van der Waals surface area contributed by atoms with Crippen molar-refractivity contribution in [3.63, 3.8) is 0 Å². The quantitative estimate of drug-likeness (QED) is 0.826. The van der Waals surface area contributed by atoms with Gasteiger partial charge >= 0.3 is 0 Å². The van der Waals surface area contributed by atoms with Crippen LogP contribution in [0.3, 0.4) is 0 Å². The van der Waals surface area contributed by atoms with Crippen LogP contribution in [-0.2, 0) is 9.59 Å². The Labute approximate surface area is 149 Å². The van der Waals surface area contributed by atoms with Gasteiger partial charge in [0.25, 0.3) is 0 Å². The lowest BCUT2D eigenvalue weighted by atomic mass is 10.1. The minimum absolute atomic E-state index is 0.0956. The van der Waals surface area contributed by atoms with E-state index in [0.29, 0.717) is 17.3 Å². The monoisotopic (exact) mass is 353 g/mol. The highest BCUT2D eigenvalue weighted by molar-refractivity contribution is 6.34. The molecule has 0 fully saturated rings. The molecule has 0 spiro atoms. The number of likely N-dealkylation sites (N-methyl/N-ethyl adjacent to an activating group) is 1. The van der Waals surface area contributed by atoms with Crippen LogP contribution in [0.4, 0.5) is 5.69 Å². The van der Waals surface area contributed by atoms with Crippen LogP contribution in [0.2, 0.25) is 5.02 Å². The SMILES string of the molecule is CCN(CC(=O)Nc1c(C)cc(C)cc1Cl)CC(=O)NC(C)(C)C. The molecule has 0 aromatic heterocycles. The Kier molecular flexibility index (Phi) is 7.24. The Morgan fingerprint density at radius 1 is 1.12 bits per heavy atom. The maximum Gasteiger partial charge on any atom is 0.238 e. The van der Waals surface area contributed by atoms with Crippen LogP contribution in [0, 0.1) is 13.8 Å². The molecule has 0 aliphatic carbocycles. The molecule has 134 valence electrons. The van der Waals surface area contributed by atoms with E-state index in [4.69, 9.17) is 11.6 Å². The number of nitrogens with zero attached hydrogens (tertiary/aromatic N) is 1. The molecule has 6 heteroatoms. The fraction of sp³-hybridized carbons (Fsp3) is 0.556. The molecular weight excluding hydrogens is 326 g/mol. The van der Waals surface area contributed by atoms with E-state index in [1.165, 1.54) is 0 Å².